The molecule has 0 saturated heterocycles. The van der Waals surface area contributed by atoms with Crippen molar-refractivity contribution in [3.05, 3.63) is 82.3 Å². The minimum atomic E-state index is -3.02. The molecule has 0 aliphatic rings. The lowest BCUT2D eigenvalue weighted by atomic mass is 9.99. The molecule has 4 aromatic rings. The number of nitrogens with one attached hydrogen (secondary N) is 1. The summed E-state index contributed by atoms with van der Waals surface area (Å²) in [6.07, 6.45) is 0.0651. The molecule has 0 radical (unpaired) electrons. The SMILES string of the molecule is Cc1nc2ccc(-c3cnc(C(C)(O)I)nc3)cc2c(N[C@@H](c2cc(C(N)CO)ccc2F)C(F)F)c1Cl. The fourth-order valence-electron chi connectivity index (χ4n) is 3.96. The number of hydrogen-bond acceptors (Lipinski definition) is 7. The number of anilines is 1. The van der Waals surface area contributed by atoms with Gasteiger partial charge in [-0.15, -0.1) is 0 Å². The maximum absolute atomic E-state index is 14.8. The molecule has 38 heavy (non-hydrogen) atoms. The van der Waals surface area contributed by atoms with Gasteiger partial charge in [-0.25, -0.2) is 23.1 Å². The molecule has 2 unspecified atom stereocenters. The first-order valence-electron chi connectivity index (χ1n) is 11.4. The van der Waals surface area contributed by atoms with Crippen LogP contribution < -0.4 is 11.1 Å². The van der Waals surface area contributed by atoms with E-state index in [2.05, 4.69) is 20.3 Å². The van der Waals surface area contributed by atoms with Gasteiger partial charge in [0.25, 0.3) is 6.43 Å². The number of aliphatic hydroxyl groups excluding tert-OH is 1. The molecule has 4 rings (SSSR count). The fourth-order valence-corrected chi connectivity index (χ4v) is 4.44. The number of alkyl halides is 3. The van der Waals surface area contributed by atoms with Gasteiger partial charge in [0, 0.05) is 28.9 Å². The molecule has 3 atom stereocenters. The molecule has 0 amide bonds. The summed E-state index contributed by atoms with van der Waals surface area (Å²) in [7, 11) is 0. The smallest absolute Gasteiger partial charge is 0.262 e. The second-order valence-electron chi connectivity index (χ2n) is 8.89. The van der Waals surface area contributed by atoms with Crippen molar-refractivity contribution in [3.63, 3.8) is 0 Å². The molecule has 0 fully saturated rings. The Morgan fingerprint density at radius 2 is 1.82 bits per heavy atom. The first kappa shape index (κ1) is 28.4. The number of halogens is 5. The van der Waals surface area contributed by atoms with Gasteiger partial charge < -0.3 is 21.3 Å². The van der Waals surface area contributed by atoms with Gasteiger partial charge in [0.15, 0.2) is 9.43 Å². The van der Waals surface area contributed by atoms with E-state index in [-0.39, 0.29) is 22.1 Å². The highest BCUT2D eigenvalue weighted by atomic mass is 127. The summed E-state index contributed by atoms with van der Waals surface area (Å²) in [4.78, 5) is 12.9. The molecule has 5 N–H and O–H groups in total. The van der Waals surface area contributed by atoms with E-state index in [1.165, 1.54) is 12.1 Å². The van der Waals surface area contributed by atoms with E-state index in [9.17, 15) is 23.4 Å². The average Bonchev–Trinajstić information content (AvgIpc) is 2.88. The van der Waals surface area contributed by atoms with Crippen LogP contribution in [0.2, 0.25) is 5.02 Å². The summed E-state index contributed by atoms with van der Waals surface area (Å²) < 4.78 is 42.3. The summed E-state index contributed by atoms with van der Waals surface area (Å²) in [6.45, 7) is 2.77. The quantitative estimate of drug-likeness (QED) is 0.140. The van der Waals surface area contributed by atoms with E-state index < -0.39 is 34.5 Å². The van der Waals surface area contributed by atoms with Crippen LogP contribution in [0.4, 0.5) is 18.9 Å². The number of aromatic nitrogens is 3. The maximum Gasteiger partial charge on any atom is 0.262 e. The van der Waals surface area contributed by atoms with E-state index >= 15 is 0 Å². The Morgan fingerprint density at radius 1 is 1.13 bits per heavy atom. The zero-order chi connectivity index (χ0) is 27.8. The highest BCUT2D eigenvalue weighted by Crippen LogP contribution is 2.39. The second kappa shape index (κ2) is 11.3. The third kappa shape index (κ3) is 5.86. The van der Waals surface area contributed by atoms with E-state index in [1.54, 1.807) is 44.4 Å². The van der Waals surface area contributed by atoms with Gasteiger partial charge in [-0.05, 0) is 71.8 Å². The third-order valence-corrected chi connectivity index (χ3v) is 6.96. The van der Waals surface area contributed by atoms with Gasteiger partial charge in [0.05, 0.1) is 34.6 Å². The van der Waals surface area contributed by atoms with Crippen LogP contribution in [0.15, 0.2) is 48.8 Å². The summed E-state index contributed by atoms with van der Waals surface area (Å²) in [5.74, 6) is -0.623. The Balaban J connectivity index is 1.82. The van der Waals surface area contributed by atoms with Crippen molar-refractivity contribution in [1.82, 2.24) is 15.0 Å². The Kier molecular flexibility index (Phi) is 8.43. The van der Waals surface area contributed by atoms with E-state index in [4.69, 9.17) is 17.3 Å². The number of fused-ring (bicyclic) bond motifs is 1. The van der Waals surface area contributed by atoms with Gasteiger partial charge in [-0.3, -0.25) is 4.98 Å². The number of rotatable bonds is 8. The molecule has 200 valence electrons. The van der Waals surface area contributed by atoms with E-state index in [0.717, 1.165) is 6.07 Å². The number of benzene rings is 2. The predicted molar refractivity (Wildman–Crippen MR) is 149 cm³/mol. The molecule has 0 aliphatic heterocycles. The number of pyridine rings is 1. The first-order chi connectivity index (χ1) is 17.9. The highest BCUT2D eigenvalue weighted by Gasteiger charge is 2.28. The summed E-state index contributed by atoms with van der Waals surface area (Å²) in [5, 5.41) is 22.8. The van der Waals surface area contributed by atoms with Crippen molar-refractivity contribution >= 4 is 50.8 Å². The van der Waals surface area contributed by atoms with Gasteiger partial charge in [-0.2, -0.15) is 0 Å². The largest absolute Gasteiger partial charge is 0.394 e. The van der Waals surface area contributed by atoms with E-state index in [1.807, 2.05) is 22.6 Å². The topological polar surface area (TPSA) is 117 Å². The molecule has 12 heteroatoms. The zero-order valence-electron chi connectivity index (χ0n) is 20.3. The minimum Gasteiger partial charge on any atom is -0.394 e. The standard InChI is InChI=1S/C26H24ClF3IN5O2/c1-12-21(27)22(36-23(24(29)30)16-8-14(19(32)11-37)3-5-18(16)28)17-7-13(4-6-20(17)35-12)15-9-33-25(34-10-15)26(2,31)38/h3-10,19,23-24,37-38H,11,32H2,1-2H3,(H,35,36)/t19?,23-,26?/m0/s1. The lowest BCUT2D eigenvalue weighted by molar-refractivity contribution is 0.123. The number of hydrogen-bond donors (Lipinski definition) is 4. The van der Waals surface area contributed by atoms with Crippen LogP contribution in [0.1, 0.15) is 41.7 Å². The van der Waals surface area contributed by atoms with Crippen molar-refractivity contribution < 1.29 is 23.4 Å². The van der Waals surface area contributed by atoms with Crippen LogP contribution in [0.5, 0.6) is 0 Å². The Morgan fingerprint density at radius 3 is 2.42 bits per heavy atom. The fraction of sp³-hybridized carbons (Fsp3) is 0.269. The minimum absolute atomic E-state index is 0.108. The van der Waals surface area contributed by atoms with Crippen LogP contribution in [0.25, 0.3) is 22.0 Å². The Bertz CT molecular complexity index is 1470. The van der Waals surface area contributed by atoms with Gasteiger partial charge >= 0.3 is 0 Å². The molecule has 0 aliphatic carbocycles. The third-order valence-electron chi connectivity index (χ3n) is 6.02. The summed E-state index contributed by atoms with van der Waals surface area (Å²) in [5.41, 5.74) is 8.13. The van der Waals surface area contributed by atoms with Crippen molar-refractivity contribution in [1.29, 1.82) is 0 Å². The number of nitrogens with zero attached hydrogens (tertiary/aromatic N) is 3. The Labute approximate surface area is 235 Å². The van der Waals surface area contributed by atoms with Crippen molar-refractivity contribution in [2.24, 2.45) is 5.73 Å². The van der Waals surface area contributed by atoms with Crippen LogP contribution in [-0.4, -0.2) is 38.2 Å². The van der Waals surface area contributed by atoms with Crippen LogP contribution >= 0.6 is 34.2 Å². The molecule has 7 nitrogen and oxygen atoms in total. The van der Waals surface area contributed by atoms with Gasteiger partial charge in [0.1, 0.15) is 11.9 Å². The predicted octanol–water partition coefficient (Wildman–Crippen LogP) is 5.80. The normalized spacial score (nSPS) is 14.9. The number of aliphatic hydroxyl groups is 2. The molecule has 0 saturated carbocycles. The highest BCUT2D eigenvalue weighted by molar-refractivity contribution is 14.1. The zero-order valence-corrected chi connectivity index (χ0v) is 23.2. The lowest BCUT2D eigenvalue weighted by Gasteiger charge is -2.24. The lowest BCUT2D eigenvalue weighted by Crippen LogP contribution is -2.22. The molecule has 0 spiro atoms. The maximum atomic E-state index is 14.8. The molecule has 2 aromatic heterocycles. The van der Waals surface area contributed by atoms with Crippen LogP contribution in [0, 0.1) is 12.7 Å². The second-order valence-corrected chi connectivity index (χ2v) is 11.4. The van der Waals surface area contributed by atoms with Crippen molar-refractivity contribution in [2.45, 2.75) is 36.0 Å². The van der Waals surface area contributed by atoms with E-state index in [0.29, 0.717) is 33.3 Å². The first-order valence-corrected chi connectivity index (χ1v) is 12.9. The summed E-state index contributed by atoms with van der Waals surface area (Å²) >= 11 is 8.37. The van der Waals surface area contributed by atoms with Gasteiger partial charge in [-0.1, -0.05) is 23.7 Å². The van der Waals surface area contributed by atoms with Crippen molar-refractivity contribution in [2.75, 3.05) is 11.9 Å². The number of nitrogens with two attached hydrogens (primary N) is 1. The molecule has 2 heterocycles. The molecule has 2 aromatic carbocycles. The average molecular weight is 658 g/mol. The number of aryl methyl sites for hydroxylation is 1. The summed E-state index contributed by atoms with van der Waals surface area (Å²) in [6, 6.07) is 6.16. The van der Waals surface area contributed by atoms with Crippen LogP contribution in [0.3, 0.4) is 0 Å². The molecular formula is C26H24ClF3IN5O2. The molecular weight excluding hydrogens is 634 g/mol. The van der Waals surface area contributed by atoms with Crippen molar-refractivity contribution in [3.8, 4) is 11.1 Å². The Hall–Kier alpha value is -2.58. The molecule has 0 bridgehead atoms. The van der Waals surface area contributed by atoms with Crippen LogP contribution in [-0.2, 0) is 3.61 Å². The monoisotopic (exact) mass is 657 g/mol. The van der Waals surface area contributed by atoms with Gasteiger partial charge in [0.2, 0.25) is 0 Å².